The van der Waals surface area contributed by atoms with Crippen molar-refractivity contribution in [3.8, 4) is 11.3 Å². The van der Waals surface area contributed by atoms with Crippen LogP contribution in [-0.2, 0) is 25.8 Å². The van der Waals surface area contributed by atoms with E-state index in [2.05, 4.69) is 5.10 Å². The van der Waals surface area contributed by atoms with E-state index in [9.17, 15) is 41.7 Å². The Bertz CT molecular complexity index is 1960. The van der Waals surface area contributed by atoms with Gasteiger partial charge in [0.05, 0.1) is 36.3 Å². The first-order valence-electron chi connectivity index (χ1n) is 12.6. The van der Waals surface area contributed by atoms with E-state index in [4.69, 9.17) is 0 Å². The number of rotatable bonds is 8. The molecule has 14 heteroatoms. The third-order valence-corrected chi connectivity index (χ3v) is 6.72. The van der Waals surface area contributed by atoms with Crippen molar-refractivity contribution in [2.45, 2.75) is 25.8 Å². The number of halogens is 5. The van der Waals surface area contributed by atoms with Crippen LogP contribution in [0.2, 0.25) is 0 Å². The smallest absolute Gasteiger partial charge is 0.282 e. The van der Waals surface area contributed by atoms with Crippen molar-refractivity contribution in [1.29, 1.82) is 0 Å². The minimum Gasteiger partial charge on any atom is -0.282 e. The summed E-state index contributed by atoms with van der Waals surface area (Å²) in [7, 11) is 0. The van der Waals surface area contributed by atoms with E-state index < -0.39 is 70.6 Å². The van der Waals surface area contributed by atoms with Crippen LogP contribution in [0, 0.1) is 21.7 Å². The van der Waals surface area contributed by atoms with Gasteiger partial charge in [-0.3, -0.25) is 24.2 Å². The number of hydrogen-bond donors (Lipinski definition) is 0. The molecule has 9 nitrogen and oxygen atoms in total. The van der Waals surface area contributed by atoms with Crippen molar-refractivity contribution in [1.82, 2.24) is 18.9 Å². The molecule has 0 fully saturated rings. The molecule has 0 unspecified atom stereocenters. The summed E-state index contributed by atoms with van der Waals surface area (Å²) in [5, 5.41) is 16.3. The average molecular weight is 598 g/mol. The summed E-state index contributed by atoms with van der Waals surface area (Å²) in [6, 6.07) is 15.3. The highest BCUT2D eigenvalue weighted by Gasteiger charge is 2.34. The Labute approximate surface area is 238 Å². The third-order valence-electron chi connectivity index (χ3n) is 6.72. The Balaban J connectivity index is 1.70. The second kappa shape index (κ2) is 11.5. The fourth-order valence-corrected chi connectivity index (χ4v) is 4.70. The van der Waals surface area contributed by atoms with Crippen LogP contribution in [0.25, 0.3) is 11.3 Å². The van der Waals surface area contributed by atoms with E-state index in [0.29, 0.717) is 4.57 Å². The molecular formula is C29H20F5N5O4. The Morgan fingerprint density at radius 1 is 0.767 bits per heavy atom. The molecule has 0 spiro atoms. The maximum Gasteiger partial charge on any atom is 0.416 e. The highest BCUT2D eigenvalue weighted by molar-refractivity contribution is 5.68. The van der Waals surface area contributed by atoms with Gasteiger partial charge in [-0.15, -0.1) is 0 Å². The second-order valence-corrected chi connectivity index (χ2v) is 9.48. The lowest BCUT2D eigenvalue weighted by Crippen LogP contribution is -2.42. The van der Waals surface area contributed by atoms with Gasteiger partial charge in [0.1, 0.15) is 17.3 Å². The molecule has 0 aliphatic rings. The molecule has 220 valence electrons. The van der Waals surface area contributed by atoms with Gasteiger partial charge in [0.25, 0.3) is 0 Å². The maximum atomic E-state index is 14.7. The van der Waals surface area contributed by atoms with Crippen molar-refractivity contribution < 1.29 is 26.9 Å². The predicted molar refractivity (Wildman–Crippen MR) is 144 cm³/mol. The number of nitrogens with zero attached hydrogens (tertiary/aromatic N) is 5. The van der Waals surface area contributed by atoms with Gasteiger partial charge in [0.15, 0.2) is 0 Å². The summed E-state index contributed by atoms with van der Waals surface area (Å²) in [4.78, 5) is 38.4. The van der Waals surface area contributed by atoms with Crippen molar-refractivity contribution in [3.05, 3.63) is 150 Å². The molecule has 43 heavy (non-hydrogen) atoms. The Hall–Kier alpha value is -5.40. The molecule has 2 heterocycles. The summed E-state index contributed by atoms with van der Waals surface area (Å²) in [6.45, 7) is -1.62. The van der Waals surface area contributed by atoms with Gasteiger partial charge < -0.3 is 0 Å². The van der Waals surface area contributed by atoms with Gasteiger partial charge in [0.2, 0.25) is 0 Å². The number of alkyl halides is 3. The lowest BCUT2D eigenvalue weighted by molar-refractivity contribution is -0.386. The second-order valence-electron chi connectivity index (χ2n) is 9.48. The molecule has 0 saturated carbocycles. The van der Waals surface area contributed by atoms with Crippen molar-refractivity contribution in [2.75, 3.05) is 0 Å². The van der Waals surface area contributed by atoms with Crippen molar-refractivity contribution >= 4 is 5.69 Å². The molecule has 0 aliphatic carbocycles. The molecule has 2 aromatic heterocycles. The molecule has 0 aliphatic heterocycles. The normalized spacial score (nSPS) is 11.6. The minimum atomic E-state index is -4.66. The van der Waals surface area contributed by atoms with Crippen LogP contribution in [0.3, 0.4) is 0 Å². The highest BCUT2D eigenvalue weighted by Crippen LogP contribution is 2.33. The number of aromatic nitrogens is 4. The van der Waals surface area contributed by atoms with Gasteiger partial charge in [0, 0.05) is 22.9 Å². The molecule has 0 N–H and O–H groups in total. The first kappa shape index (κ1) is 29.1. The van der Waals surface area contributed by atoms with Crippen molar-refractivity contribution in [3.63, 3.8) is 0 Å². The molecule has 5 rings (SSSR count). The van der Waals surface area contributed by atoms with E-state index in [0.717, 1.165) is 39.8 Å². The highest BCUT2D eigenvalue weighted by atomic mass is 19.4. The Kier molecular flexibility index (Phi) is 7.76. The zero-order chi connectivity index (χ0) is 30.9. The van der Waals surface area contributed by atoms with E-state index in [-0.39, 0.29) is 22.3 Å². The zero-order valence-corrected chi connectivity index (χ0v) is 22.0. The fraction of sp³-hybridized carbons (Fsp3) is 0.138. The summed E-state index contributed by atoms with van der Waals surface area (Å²) >= 11 is 0. The molecule has 0 saturated heterocycles. The lowest BCUT2D eigenvalue weighted by atomic mass is 10.1. The monoisotopic (exact) mass is 597 g/mol. The maximum absolute atomic E-state index is 14.7. The van der Waals surface area contributed by atoms with Crippen LogP contribution in [0.4, 0.5) is 27.6 Å². The zero-order valence-electron chi connectivity index (χ0n) is 22.0. The minimum absolute atomic E-state index is 0.0530. The topological polar surface area (TPSA) is 105 Å². The van der Waals surface area contributed by atoms with Crippen LogP contribution < -0.4 is 11.2 Å². The first-order chi connectivity index (χ1) is 20.5. The van der Waals surface area contributed by atoms with Gasteiger partial charge in [-0.05, 0) is 23.8 Å². The SMILES string of the molecule is O=c1c([N+](=O)[O-])c(-c2cnn(Cc3ccccc3C(F)(F)F)c2)n(Cc2ccccc2F)c(=O)n1Cc1ccccc1F. The summed E-state index contributed by atoms with van der Waals surface area (Å²) in [5.74, 6) is -1.50. The summed E-state index contributed by atoms with van der Waals surface area (Å²) in [5.41, 5.74) is -5.44. The molecule has 5 aromatic rings. The Morgan fingerprint density at radius 2 is 1.30 bits per heavy atom. The molecule has 0 atom stereocenters. The number of benzene rings is 3. The quantitative estimate of drug-likeness (QED) is 0.139. The molecule has 0 radical (unpaired) electrons. The average Bonchev–Trinajstić information content (AvgIpc) is 3.41. The van der Waals surface area contributed by atoms with Crippen LogP contribution in [-0.4, -0.2) is 23.8 Å². The van der Waals surface area contributed by atoms with E-state index >= 15 is 0 Å². The molecule has 0 bridgehead atoms. The fourth-order valence-electron chi connectivity index (χ4n) is 4.70. The van der Waals surface area contributed by atoms with Gasteiger partial charge in [-0.2, -0.15) is 18.3 Å². The van der Waals surface area contributed by atoms with Crippen LogP contribution in [0.15, 0.2) is 94.8 Å². The lowest BCUT2D eigenvalue weighted by Gasteiger charge is -2.16. The largest absolute Gasteiger partial charge is 0.416 e. The first-order valence-corrected chi connectivity index (χ1v) is 12.6. The van der Waals surface area contributed by atoms with E-state index in [1.54, 1.807) is 0 Å². The Morgan fingerprint density at radius 3 is 1.86 bits per heavy atom. The van der Waals surface area contributed by atoms with Gasteiger partial charge >= 0.3 is 23.1 Å². The van der Waals surface area contributed by atoms with Gasteiger partial charge in [-0.1, -0.05) is 54.6 Å². The standard InChI is InChI=1S/C29H20F5N5O4/c30-23-11-5-2-8-19(23)16-37-25(21-13-35-36(15-21)14-18-7-1-4-10-22(18)29(32,33)34)26(39(42)43)27(40)38(28(37)41)17-20-9-3-6-12-24(20)31/h1-13,15H,14,16-17H2. The number of hydrogen-bond acceptors (Lipinski definition) is 5. The van der Waals surface area contributed by atoms with E-state index in [1.165, 1.54) is 54.6 Å². The van der Waals surface area contributed by atoms with Gasteiger partial charge in [-0.25, -0.2) is 18.1 Å². The van der Waals surface area contributed by atoms with Crippen LogP contribution in [0.5, 0.6) is 0 Å². The van der Waals surface area contributed by atoms with Crippen LogP contribution in [0.1, 0.15) is 22.3 Å². The van der Waals surface area contributed by atoms with Crippen molar-refractivity contribution in [2.24, 2.45) is 0 Å². The summed E-state index contributed by atoms with van der Waals surface area (Å²) in [6.07, 6.45) is -2.46. The molecule has 0 amide bonds. The number of nitro groups is 1. The van der Waals surface area contributed by atoms with Crippen LogP contribution >= 0.6 is 0 Å². The third kappa shape index (κ3) is 5.84. The molecular weight excluding hydrogens is 577 g/mol. The molecule has 3 aromatic carbocycles. The predicted octanol–water partition coefficient (Wildman–Crippen LogP) is 5.22. The summed E-state index contributed by atoms with van der Waals surface area (Å²) < 4.78 is 72.0. The van der Waals surface area contributed by atoms with E-state index in [1.807, 2.05) is 0 Å².